The minimum absolute atomic E-state index is 0. The van der Waals surface area contributed by atoms with Gasteiger partial charge in [-0.25, -0.2) is 0 Å². The standard InChI is InChI=1S/C10H8S.H3N/c11-10-6-5-8-3-1-2-4-9(8)7-10;/h1-7,11H;1H3. The summed E-state index contributed by atoms with van der Waals surface area (Å²) >= 11 is 4.26. The highest BCUT2D eigenvalue weighted by molar-refractivity contribution is 7.80. The Bertz CT molecular complexity index is 384. The lowest BCUT2D eigenvalue weighted by Crippen LogP contribution is -1.70. The molecule has 2 heteroatoms. The summed E-state index contributed by atoms with van der Waals surface area (Å²) in [5, 5.41) is 2.52. The molecule has 0 radical (unpaired) electrons. The van der Waals surface area contributed by atoms with Crippen molar-refractivity contribution >= 4 is 23.4 Å². The molecule has 62 valence electrons. The third-order valence-electron chi connectivity index (χ3n) is 1.73. The lowest BCUT2D eigenvalue weighted by molar-refractivity contribution is 1.53. The summed E-state index contributed by atoms with van der Waals surface area (Å²) in [4.78, 5) is 1.02. The fourth-order valence-corrected chi connectivity index (χ4v) is 1.39. The number of fused-ring (bicyclic) bond motifs is 1. The molecule has 2 aromatic carbocycles. The SMILES string of the molecule is N.Sc1ccc2ccccc2c1. The van der Waals surface area contributed by atoms with E-state index >= 15 is 0 Å². The van der Waals surface area contributed by atoms with Crippen LogP contribution >= 0.6 is 12.6 Å². The second-order valence-corrected chi connectivity index (χ2v) is 3.05. The summed E-state index contributed by atoms with van der Waals surface area (Å²) in [5.41, 5.74) is 0. The van der Waals surface area contributed by atoms with Crippen LogP contribution in [0.25, 0.3) is 10.8 Å². The number of rotatable bonds is 0. The second-order valence-electron chi connectivity index (χ2n) is 2.53. The summed E-state index contributed by atoms with van der Waals surface area (Å²) in [6, 6.07) is 14.4. The van der Waals surface area contributed by atoms with Crippen LogP contribution in [0.3, 0.4) is 0 Å². The summed E-state index contributed by atoms with van der Waals surface area (Å²) in [7, 11) is 0. The topological polar surface area (TPSA) is 35.0 Å². The fraction of sp³-hybridized carbons (Fsp3) is 0. The van der Waals surface area contributed by atoms with Crippen molar-refractivity contribution in [1.29, 1.82) is 0 Å². The maximum Gasteiger partial charge on any atom is 0.00463 e. The van der Waals surface area contributed by atoms with Crippen molar-refractivity contribution in [2.45, 2.75) is 4.90 Å². The molecule has 0 fully saturated rings. The van der Waals surface area contributed by atoms with Crippen LogP contribution in [-0.2, 0) is 0 Å². The summed E-state index contributed by atoms with van der Waals surface area (Å²) < 4.78 is 0. The highest BCUT2D eigenvalue weighted by atomic mass is 32.1. The molecule has 0 heterocycles. The van der Waals surface area contributed by atoms with Gasteiger partial charge in [0.25, 0.3) is 0 Å². The summed E-state index contributed by atoms with van der Waals surface area (Å²) in [6.07, 6.45) is 0. The highest BCUT2D eigenvalue weighted by Gasteiger charge is 1.90. The van der Waals surface area contributed by atoms with E-state index < -0.39 is 0 Å². The van der Waals surface area contributed by atoms with Gasteiger partial charge in [-0.1, -0.05) is 30.3 Å². The molecule has 0 aliphatic heterocycles. The Labute approximate surface area is 77.4 Å². The molecule has 12 heavy (non-hydrogen) atoms. The molecule has 0 unspecified atom stereocenters. The largest absolute Gasteiger partial charge is 0.344 e. The molecule has 0 atom stereocenters. The average molecular weight is 177 g/mol. The van der Waals surface area contributed by atoms with Gasteiger partial charge in [0.1, 0.15) is 0 Å². The molecule has 0 bridgehead atoms. The lowest BCUT2D eigenvalue weighted by atomic mass is 10.1. The lowest BCUT2D eigenvalue weighted by Gasteiger charge is -1.96. The highest BCUT2D eigenvalue weighted by Crippen LogP contribution is 2.17. The van der Waals surface area contributed by atoms with Gasteiger partial charge in [-0.15, -0.1) is 12.6 Å². The van der Waals surface area contributed by atoms with Gasteiger partial charge in [-0.3, -0.25) is 0 Å². The molecule has 0 aliphatic carbocycles. The first kappa shape index (κ1) is 9.10. The molecule has 2 rings (SSSR count). The van der Waals surface area contributed by atoms with Gasteiger partial charge in [-0.05, 0) is 22.9 Å². The van der Waals surface area contributed by atoms with Crippen molar-refractivity contribution in [3.63, 3.8) is 0 Å². The first-order valence-corrected chi connectivity index (χ1v) is 3.99. The number of thiol groups is 1. The quantitative estimate of drug-likeness (QED) is 0.595. The Balaban J connectivity index is 0.000000720. The molecule has 2 aromatic rings. The Hall–Kier alpha value is -0.990. The van der Waals surface area contributed by atoms with E-state index in [-0.39, 0.29) is 6.15 Å². The molecule has 3 N–H and O–H groups in total. The van der Waals surface area contributed by atoms with Crippen LogP contribution in [0.4, 0.5) is 0 Å². The maximum absolute atomic E-state index is 4.26. The molecule has 0 aromatic heterocycles. The average Bonchev–Trinajstić information content (AvgIpc) is 2.04. The third-order valence-corrected chi connectivity index (χ3v) is 2.01. The van der Waals surface area contributed by atoms with Gasteiger partial charge < -0.3 is 6.15 Å². The Morgan fingerprint density at radius 1 is 0.833 bits per heavy atom. The van der Waals surface area contributed by atoms with Crippen LogP contribution in [0, 0.1) is 0 Å². The Morgan fingerprint density at radius 3 is 2.25 bits per heavy atom. The van der Waals surface area contributed by atoms with Gasteiger partial charge in [0.15, 0.2) is 0 Å². The maximum atomic E-state index is 4.26. The normalized spacial score (nSPS) is 9.42. The van der Waals surface area contributed by atoms with Crippen LogP contribution in [-0.4, -0.2) is 0 Å². The van der Waals surface area contributed by atoms with E-state index in [2.05, 4.69) is 36.9 Å². The van der Waals surface area contributed by atoms with E-state index in [0.717, 1.165) is 4.90 Å². The first-order chi connectivity index (χ1) is 5.36. The van der Waals surface area contributed by atoms with E-state index in [9.17, 15) is 0 Å². The van der Waals surface area contributed by atoms with Crippen LogP contribution in [0.2, 0.25) is 0 Å². The van der Waals surface area contributed by atoms with E-state index in [1.807, 2.05) is 18.2 Å². The van der Waals surface area contributed by atoms with Crippen LogP contribution in [0.5, 0.6) is 0 Å². The molecule has 0 spiro atoms. The van der Waals surface area contributed by atoms with E-state index in [1.54, 1.807) is 0 Å². The number of hydrogen-bond acceptors (Lipinski definition) is 2. The molecular weight excluding hydrogens is 166 g/mol. The zero-order chi connectivity index (χ0) is 7.68. The molecule has 0 saturated heterocycles. The van der Waals surface area contributed by atoms with Gasteiger partial charge in [0.05, 0.1) is 0 Å². The van der Waals surface area contributed by atoms with Gasteiger partial charge in [-0.2, -0.15) is 0 Å². The number of hydrogen-bond donors (Lipinski definition) is 2. The fourth-order valence-electron chi connectivity index (χ4n) is 1.18. The Kier molecular flexibility index (Phi) is 2.74. The van der Waals surface area contributed by atoms with Crippen molar-refractivity contribution in [1.82, 2.24) is 6.15 Å². The van der Waals surface area contributed by atoms with Crippen molar-refractivity contribution in [3.05, 3.63) is 42.5 Å². The molecule has 0 aliphatic rings. The molecular formula is C10H11NS. The minimum Gasteiger partial charge on any atom is -0.344 e. The van der Waals surface area contributed by atoms with E-state index in [0.29, 0.717) is 0 Å². The van der Waals surface area contributed by atoms with Gasteiger partial charge in [0.2, 0.25) is 0 Å². The zero-order valence-corrected chi connectivity index (χ0v) is 7.59. The van der Waals surface area contributed by atoms with Crippen molar-refractivity contribution in [3.8, 4) is 0 Å². The van der Waals surface area contributed by atoms with Crippen molar-refractivity contribution in [2.24, 2.45) is 0 Å². The smallest absolute Gasteiger partial charge is 0.00463 e. The van der Waals surface area contributed by atoms with Gasteiger partial charge in [0, 0.05) is 4.90 Å². The van der Waals surface area contributed by atoms with Crippen molar-refractivity contribution < 1.29 is 0 Å². The summed E-state index contributed by atoms with van der Waals surface area (Å²) in [5.74, 6) is 0. The molecule has 0 saturated carbocycles. The number of benzene rings is 2. The van der Waals surface area contributed by atoms with E-state index in [4.69, 9.17) is 0 Å². The van der Waals surface area contributed by atoms with Crippen LogP contribution < -0.4 is 6.15 Å². The van der Waals surface area contributed by atoms with Crippen LogP contribution in [0.15, 0.2) is 47.4 Å². The molecule has 1 nitrogen and oxygen atoms in total. The van der Waals surface area contributed by atoms with Crippen molar-refractivity contribution in [2.75, 3.05) is 0 Å². The van der Waals surface area contributed by atoms with Gasteiger partial charge >= 0.3 is 0 Å². The predicted octanol–water partition coefficient (Wildman–Crippen LogP) is 3.29. The minimum atomic E-state index is 0. The first-order valence-electron chi connectivity index (χ1n) is 3.54. The van der Waals surface area contributed by atoms with Crippen LogP contribution in [0.1, 0.15) is 0 Å². The monoisotopic (exact) mass is 177 g/mol. The third kappa shape index (κ3) is 1.60. The predicted molar refractivity (Wildman–Crippen MR) is 56.2 cm³/mol. The van der Waals surface area contributed by atoms with E-state index in [1.165, 1.54) is 10.8 Å². The summed E-state index contributed by atoms with van der Waals surface area (Å²) in [6.45, 7) is 0. The second kappa shape index (κ2) is 3.61. The molecule has 0 amide bonds. The Morgan fingerprint density at radius 2 is 1.50 bits per heavy atom. The zero-order valence-electron chi connectivity index (χ0n) is 6.70.